The van der Waals surface area contributed by atoms with Gasteiger partial charge in [0.05, 0.1) is 13.7 Å². The van der Waals surface area contributed by atoms with Gasteiger partial charge in [-0.25, -0.2) is 0 Å². The molecule has 0 spiro atoms. The van der Waals surface area contributed by atoms with Crippen molar-refractivity contribution in [2.45, 2.75) is 6.54 Å². The molecule has 0 fully saturated rings. The summed E-state index contributed by atoms with van der Waals surface area (Å²) in [5, 5.41) is 0. The second kappa shape index (κ2) is 8.16. The van der Waals surface area contributed by atoms with Crippen LogP contribution in [-0.4, -0.2) is 30.6 Å². The number of amides is 2. The van der Waals surface area contributed by atoms with Crippen LogP contribution in [0, 0.1) is 0 Å². The molecule has 0 atom stereocenters. The molecule has 0 saturated carbocycles. The van der Waals surface area contributed by atoms with E-state index in [4.69, 9.17) is 14.2 Å². The summed E-state index contributed by atoms with van der Waals surface area (Å²) in [5.74, 6) is 1.19. The zero-order valence-corrected chi connectivity index (χ0v) is 18.7. The summed E-state index contributed by atoms with van der Waals surface area (Å²) in [6.07, 6.45) is 1.77. The van der Waals surface area contributed by atoms with Crippen molar-refractivity contribution in [1.29, 1.82) is 0 Å². The molecule has 7 heteroatoms. The van der Waals surface area contributed by atoms with Crippen LogP contribution in [0.25, 0.3) is 11.6 Å². The number of nitrogens with zero attached hydrogens (tertiary/aromatic N) is 1. The summed E-state index contributed by atoms with van der Waals surface area (Å²) < 4.78 is 17.1. The number of carbonyl (C=O) groups excluding carboxylic acids is 2. The molecular weight excluding hydrogens is 474 g/mol. The summed E-state index contributed by atoms with van der Waals surface area (Å²) in [6.45, 7) is 0.282. The van der Waals surface area contributed by atoms with Crippen LogP contribution < -0.4 is 14.2 Å². The molecule has 0 aliphatic carbocycles. The third-order valence-corrected chi connectivity index (χ3v) is 5.93. The quantitative estimate of drug-likeness (QED) is 0.383. The number of methoxy groups -OCH3 is 1. The first-order valence-electron chi connectivity index (χ1n) is 9.94. The number of carbonyl (C=O) groups is 2. The molecule has 0 saturated heterocycles. The van der Waals surface area contributed by atoms with Crippen molar-refractivity contribution in [3.05, 3.63) is 87.4 Å². The minimum atomic E-state index is -0.367. The average molecular weight is 492 g/mol. The standard InChI is InChI=1S/C25H18BrNO5/c1-30-21-9-7-17(26)11-16(21)12-20-18-4-2-3-5-19(18)24(28)27(25(20)29)13-15-6-8-22-23(10-15)32-14-31-22/h2-12H,13-14H2,1H3/b20-12+. The summed E-state index contributed by atoms with van der Waals surface area (Å²) in [5.41, 5.74) is 3.02. The maximum Gasteiger partial charge on any atom is 0.261 e. The van der Waals surface area contributed by atoms with Crippen LogP contribution in [0.1, 0.15) is 27.0 Å². The normalized spacial score (nSPS) is 15.8. The van der Waals surface area contributed by atoms with Crippen molar-refractivity contribution in [2.75, 3.05) is 13.9 Å². The summed E-state index contributed by atoms with van der Waals surface area (Å²) in [4.78, 5) is 28.0. The van der Waals surface area contributed by atoms with E-state index in [1.165, 1.54) is 4.90 Å². The van der Waals surface area contributed by atoms with Gasteiger partial charge in [0, 0.05) is 21.2 Å². The Morgan fingerprint density at radius 3 is 2.56 bits per heavy atom. The Hall–Kier alpha value is -3.58. The molecule has 2 aliphatic rings. The Balaban J connectivity index is 1.58. The highest BCUT2D eigenvalue weighted by atomic mass is 79.9. The number of imide groups is 1. The highest BCUT2D eigenvalue weighted by Crippen LogP contribution is 2.36. The van der Waals surface area contributed by atoms with E-state index in [0.29, 0.717) is 33.9 Å². The molecule has 2 amide bonds. The number of fused-ring (bicyclic) bond motifs is 2. The van der Waals surface area contributed by atoms with E-state index in [1.807, 2.05) is 30.3 Å². The Labute approximate surface area is 193 Å². The number of benzene rings is 3. The third kappa shape index (κ3) is 3.54. The second-order valence-electron chi connectivity index (χ2n) is 7.37. The highest BCUT2D eigenvalue weighted by Gasteiger charge is 2.35. The third-order valence-electron chi connectivity index (χ3n) is 5.44. The van der Waals surface area contributed by atoms with Crippen LogP contribution in [0.2, 0.25) is 0 Å². The van der Waals surface area contributed by atoms with E-state index in [1.54, 1.807) is 43.5 Å². The molecule has 32 heavy (non-hydrogen) atoms. The van der Waals surface area contributed by atoms with Gasteiger partial charge in [0.25, 0.3) is 11.8 Å². The molecule has 160 valence electrons. The number of rotatable bonds is 4. The van der Waals surface area contributed by atoms with Gasteiger partial charge in [-0.1, -0.05) is 40.2 Å². The molecule has 0 N–H and O–H groups in total. The molecule has 0 aromatic heterocycles. The lowest BCUT2D eigenvalue weighted by Crippen LogP contribution is -2.41. The van der Waals surface area contributed by atoms with Gasteiger partial charge < -0.3 is 14.2 Å². The topological polar surface area (TPSA) is 65.1 Å². The van der Waals surface area contributed by atoms with Gasteiger partial charge >= 0.3 is 0 Å². The molecule has 3 aromatic carbocycles. The maximum absolute atomic E-state index is 13.6. The molecule has 0 unspecified atom stereocenters. The molecule has 5 rings (SSSR count). The van der Waals surface area contributed by atoms with Crippen molar-refractivity contribution in [3.8, 4) is 17.2 Å². The van der Waals surface area contributed by atoms with Gasteiger partial charge in [0.15, 0.2) is 11.5 Å². The van der Waals surface area contributed by atoms with Crippen LogP contribution in [0.5, 0.6) is 17.2 Å². The lowest BCUT2D eigenvalue weighted by molar-refractivity contribution is -0.123. The first-order chi connectivity index (χ1) is 15.5. The highest BCUT2D eigenvalue weighted by molar-refractivity contribution is 9.10. The van der Waals surface area contributed by atoms with Gasteiger partial charge in [-0.3, -0.25) is 14.5 Å². The van der Waals surface area contributed by atoms with Crippen molar-refractivity contribution >= 4 is 39.4 Å². The van der Waals surface area contributed by atoms with E-state index in [0.717, 1.165) is 15.6 Å². The maximum atomic E-state index is 13.6. The summed E-state index contributed by atoms with van der Waals surface area (Å²) in [6, 6.07) is 18.1. The van der Waals surface area contributed by atoms with Gasteiger partial charge in [0.2, 0.25) is 6.79 Å². The zero-order valence-electron chi connectivity index (χ0n) is 17.1. The van der Waals surface area contributed by atoms with E-state index in [9.17, 15) is 9.59 Å². The molecule has 3 aromatic rings. The number of halogens is 1. The summed E-state index contributed by atoms with van der Waals surface area (Å²) >= 11 is 3.47. The van der Waals surface area contributed by atoms with Crippen LogP contribution >= 0.6 is 15.9 Å². The molecular formula is C25H18BrNO5. The van der Waals surface area contributed by atoms with Crippen molar-refractivity contribution in [1.82, 2.24) is 4.90 Å². The van der Waals surface area contributed by atoms with Gasteiger partial charge in [-0.2, -0.15) is 0 Å². The molecule has 2 heterocycles. The largest absolute Gasteiger partial charge is 0.496 e. The zero-order chi connectivity index (χ0) is 22.2. The predicted octanol–water partition coefficient (Wildman–Crippen LogP) is 4.91. The summed E-state index contributed by atoms with van der Waals surface area (Å²) in [7, 11) is 1.58. The Bertz CT molecular complexity index is 1280. The first kappa shape index (κ1) is 20.3. The van der Waals surface area contributed by atoms with E-state index < -0.39 is 0 Å². The van der Waals surface area contributed by atoms with Crippen LogP contribution in [0.15, 0.2) is 65.1 Å². The number of ether oxygens (including phenoxy) is 3. The fourth-order valence-corrected chi connectivity index (χ4v) is 4.26. The van der Waals surface area contributed by atoms with Gasteiger partial charge in [-0.05, 0) is 53.6 Å². The predicted molar refractivity (Wildman–Crippen MR) is 122 cm³/mol. The van der Waals surface area contributed by atoms with E-state index in [-0.39, 0.29) is 25.2 Å². The minimum Gasteiger partial charge on any atom is -0.496 e. The minimum absolute atomic E-state index is 0.121. The number of hydrogen-bond acceptors (Lipinski definition) is 5. The lowest BCUT2D eigenvalue weighted by Gasteiger charge is -2.29. The van der Waals surface area contributed by atoms with Crippen molar-refractivity contribution < 1.29 is 23.8 Å². The fraction of sp³-hybridized carbons (Fsp3) is 0.120. The Morgan fingerprint density at radius 1 is 0.969 bits per heavy atom. The SMILES string of the molecule is COc1ccc(Br)cc1/C=C1/C(=O)N(Cc2ccc3c(c2)OCO3)C(=O)c2ccccc21. The van der Waals surface area contributed by atoms with Crippen LogP contribution in [0.3, 0.4) is 0 Å². The lowest BCUT2D eigenvalue weighted by atomic mass is 9.91. The fourth-order valence-electron chi connectivity index (χ4n) is 3.88. The van der Waals surface area contributed by atoms with Crippen molar-refractivity contribution in [3.63, 3.8) is 0 Å². The van der Waals surface area contributed by atoms with Crippen LogP contribution in [0.4, 0.5) is 0 Å². The molecule has 0 radical (unpaired) electrons. The molecule has 6 nitrogen and oxygen atoms in total. The Kier molecular flexibility index (Phi) is 5.19. The smallest absolute Gasteiger partial charge is 0.261 e. The van der Waals surface area contributed by atoms with E-state index in [2.05, 4.69) is 15.9 Å². The van der Waals surface area contributed by atoms with E-state index >= 15 is 0 Å². The van der Waals surface area contributed by atoms with Gasteiger partial charge in [-0.15, -0.1) is 0 Å². The number of hydrogen-bond donors (Lipinski definition) is 0. The first-order valence-corrected chi connectivity index (χ1v) is 10.7. The van der Waals surface area contributed by atoms with Crippen LogP contribution in [-0.2, 0) is 11.3 Å². The van der Waals surface area contributed by atoms with Gasteiger partial charge in [0.1, 0.15) is 5.75 Å². The average Bonchev–Trinajstić information content (AvgIpc) is 3.27. The molecule has 2 aliphatic heterocycles. The second-order valence-corrected chi connectivity index (χ2v) is 8.29. The molecule has 0 bridgehead atoms. The Morgan fingerprint density at radius 2 is 1.75 bits per heavy atom. The monoisotopic (exact) mass is 491 g/mol. The van der Waals surface area contributed by atoms with Crippen molar-refractivity contribution in [2.24, 2.45) is 0 Å².